The Morgan fingerprint density at radius 1 is 1.45 bits per heavy atom. The van der Waals surface area contributed by atoms with E-state index in [9.17, 15) is 0 Å². The highest BCUT2D eigenvalue weighted by atomic mass is 35.5. The van der Waals surface area contributed by atoms with Gasteiger partial charge in [-0.3, -0.25) is 0 Å². The van der Waals surface area contributed by atoms with Gasteiger partial charge in [0.25, 0.3) is 0 Å². The van der Waals surface area contributed by atoms with Crippen molar-refractivity contribution in [2.24, 2.45) is 0 Å². The first-order valence-corrected chi connectivity index (χ1v) is 4.06. The van der Waals surface area contributed by atoms with Crippen molar-refractivity contribution < 1.29 is 0 Å². The molecule has 0 atom stereocenters. The van der Waals surface area contributed by atoms with Crippen LogP contribution in [0.15, 0.2) is 36.4 Å². The third kappa shape index (κ3) is 2.77. The molecule has 0 saturated heterocycles. The van der Waals surface area contributed by atoms with Crippen molar-refractivity contribution in [2.45, 2.75) is 13.3 Å². The largest absolute Gasteiger partial charge is 0.0913 e. The predicted molar refractivity (Wildman–Crippen MR) is 50.0 cm³/mol. The lowest BCUT2D eigenvalue weighted by Gasteiger charge is -1.95. The summed E-state index contributed by atoms with van der Waals surface area (Å²) in [5.41, 5.74) is 1.26. The van der Waals surface area contributed by atoms with Gasteiger partial charge in [0.05, 0.1) is 0 Å². The molecule has 1 aromatic carbocycles. The van der Waals surface area contributed by atoms with Crippen molar-refractivity contribution in [3.63, 3.8) is 0 Å². The van der Waals surface area contributed by atoms with E-state index in [1.165, 1.54) is 5.56 Å². The quantitative estimate of drug-likeness (QED) is 0.591. The highest BCUT2D eigenvalue weighted by molar-refractivity contribution is 6.30. The van der Waals surface area contributed by atoms with E-state index in [0.717, 1.165) is 11.4 Å². The van der Waals surface area contributed by atoms with Gasteiger partial charge in [-0.15, -0.1) is 0 Å². The van der Waals surface area contributed by atoms with E-state index >= 15 is 0 Å². The molecule has 0 nitrogen and oxygen atoms in total. The van der Waals surface area contributed by atoms with Crippen LogP contribution in [0.5, 0.6) is 0 Å². The third-order valence-corrected chi connectivity index (χ3v) is 1.71. The topological polar surface area (TPSA) is 0 Å². The van der Waals surface area contributed by atoms with Crippen LogP contribution in [0.2, 0.25) is 5.02 Å². The molecule has 1 rings (SSSR count). The zero-order valence-corrected chi connectivity index (χ0v) is 7.31. The molecule has 0 aliphatic rings. The second kappa shape index (κ2) is 4.20. The summed E-state index contributed by atoms with van der Waals surface area (Å²) in [6.07, 6.45) is 5.13. The normalized spacial score (nSPS) is 10.7. The zero-order chi connectivity index (χ0) is 8.10. The first kappa shape index (κ1) is 8.35. The molecule has 0 aliphatic carbocycles. The predicted octanol–water partition coefficient (Wildman–Crippen LogP) is 3.46. The van der Waals surface area contributed by atoms with E-state index in [4.69, 9.17) is 11.6 Å². The van der Waals surface area contributed by atoms with E-state index in [1.54, 1.807) is 0 Å². The highest BCUT2D eigenvalue weighted by Crippen LogP contribution is 2.11. The molecule has 1 heteroatoms. The Labute approximate surface area is 72.5 Å². The SMILES string of the molecule is CC=CCc1cccc(Cl)c1. The number of rotatable bonds is 2. The average molecular weight is 167 g/mol. The Morgan fingerprint density at radius 2 is 2.27 bits per heavy atom. The summed E-state index contributed by atoms with van der Waals surface area (Å²) in [5, 5.41) is 0.812. The van der Waals surface area contributed by atoms with Crippen LogP contribution in [0.25, 0.3) is 0 Å². The van der Waals surface area contributed by atoms with Crippen molar-refractivity contribution in [1.29, 1.82) is 0 Å². The molecular weight excluding hydrogens is 156 g/mol. The molecule has 0 radical (unpaired) electrons. The molecule has 0 saturated carbocycles. The molecule has 1 aromatic rings. The maximum absolute atomic E-state index is 5.80. The fourth-order valence-electron chi connectivity index (χ4n) is 0.918. The van der Waals surface area contributed by atoms with Crippen molar-refractivity contribution in [3.8, 4) is 0 Å². The summed E-state index contributed by atoms with van der Waals surface area (Å²) >= 11 is 5.80. The van der Waals surface area contributed by atoms with Crippen LogP contribution < -0.4 is 0 Å². The second-order valence-electron chi connectivity index (χ2n) is 2.40. The second-order valence-corrected chi connectivity index (χ2v) is 2.84. The standard InChI is InChI=1S/C10H11Cl/c1-2-3-5-9-6-4-7-10(11)8-9/h2-4,6-8H,5H2,1H3. The van der Waals surface area contributed by atoms with Crippen LogP contribution in [0.3, 0.4) is 0 Å². The minimum atomic E-state index is 0.812. The van der Waals surface area contributed by atoms with Crippen molar-refractivity contribution in [3.05, 3.63) is 47.0 Å². The maximum atomic E-state index is 5.80. The van der Waals surface area contributed by atoms with Crippen LogP contribution in [-0.2, 0) is 6.42 Å². The molecule has 0 aromatic heterocycles. The molecule has 0 aliphatic heterocycles. The van der Waals surface area contributed by atoms with Crippen LogP contribution in [0.1, 0.15) is 12.5 Å². The van der Waals surface area contributed by atoms with Gasteiger partial charge in [0, 0.05) is 5.02 Å². The van der Waals surface area contributed by atoms with Crippen LogP contribution in [0.4, 0.5) is 0 Å². The Bertz CT molecular complexity index is 251. The number of benzene rings is 1. The van der Waals surface area contributed by atoms with Gasteiger partial charge in [0.1, 0.15) is 0 Å². The lowest BCUT2D eigenvalue weighted by molar-refractivity contribution is 1.26. The summed E-state index contributed by atoms with van der Waals surface area (Å²) < 4.78 is 0. The van der Waals surface area contributed by atoms with Gasteiger partial charge in [-0.1, -0.05) is 35.9 Å². The summed E-state index contributed by atoms with van der Waals surface area (Å²) in [6, 6.07) is 7.93. The zero-order valence-electron chi connectivity index (χ0n) is 6.55. The summed E-state index contributed by atoms with van der Waals surface area (Å²) in [6.45, 7) is 2.02. The van der Waals surface area contributed by atoms with Crippen molar-refractivity contribution in [1.82, 2.24) is 0 Å². The fraction of sp³-hybridized carbons (Fsp3) is 0.200. The minimum absolute atomic E-state index is 0.812. The molecule has 0 heterocycles. The first-order valence-electron chi connectivity index (χ1n) is 3.68. The summed E-state index contributed by atoms with van der Waals surface area (Å²) in [5.74, 6) is 0. The third-order valence-electron chi connectivity index (χ3n) is 1.48. The van der Waals surface area contributed by atoms with E-state index in [0.29, 0.717) is 0 Å². The van der Waals surface area contributed by atoms with Gasteiger partial charge in [-0.25, -0.2) is 0 Å². The van der Waals surface area contributed by atoms with E-state index in [1.807, 2.05) is 31.2 Å². The van der Waals surface area contributed by atoms with Crippen LogP contribution in [-0.4, -0.2) is 0 Å². The highest BCUT2D eigenvalue weighted by Gasteiger charge is 1.89. The maximum Gasteiger partial charge on any atom is 0.0408 e. The molecule has 0 N–H and O–H groups in total. The van der Waals surface area contributed by atoms with Gasteiger partial charge >= 0.3 is 0 Å². The van der Waals surface area contributed by atoms with Gasteiger partial charge < -0.3 is 0 Å². The summed E-state index contributed by atoms with van der Waals surface area (Å²) in [7, 11) is 0. The van der Waals surface area contributed by atoms with Gasteiger partial charge in [-0.2, -0.15) is 0 Å². The minimum Gasteiger partial charge on any atom is -0.0913 e. The Hall–Kier alpha value is -0.750. The number of hydrogen-bond acceptors (Lipinski definition) is 0. The smallest absolute Gasteiger partial charge is 0.0408 e. The number of allylic oxidation sites excluding steroid dienone is 2. The van der Waals surface area contributed by atoms with Crippen molar-refractivity contribution in [2.75, 3.05) is 0 Å². The van der Waals surface area contributed by atoms with Crippen molar-refractivity contribution >= 4 is 11.6 Å². The molecule has 0 bridgehead atoms. The van der Waals surface area contributed by atoms with Crippen LogP contribution in [0, 0.1) is 0 Å². The number of hydrogen-bond donors (Lipinski definition) is 0. The molecule has 11 heavy (non-hydrogen) atoms. The average Bonchev–Trinajstić information content (AvgIpc) is 2.01. The lowest BCUT2D eigenvalue weighted by atomic mass is 10.1. The molecule has 0 unspecified atom stereocenters. The monoisotopic (exact) mass is 166 g/mol. The van der Waals surface area contributed by atoms with Gasteiger partial charge in [0.2, 0.25) is 0 Å². The molecule has 0 spiro atoms. The van der Waals surface area contributed by atoms with Gasteiger partial charge in [-0.05, 0) is 31.0 Å². The Kier molecular flexibility index (Phi) is 3.18. The fourth-order valence-corrected chi connectivity index (χ4v) is 1.13. The lowest BCUT2D eigenvalue weighted by Crippen LogP contribution is -1.78. The molecule has 0 amide bonds. The van der Waals surface area contributed by atoms with E-state index in [2.05, 4.69) is 12.1 Å². The van der Waals surface area contributed by atoms with Gasteiger partial charge in [0.15, 0.2) is 0 Å². The van der Waals surface area contributed by atoms with E-state index < -0.39 is 0 Å². The molecule has 58 valence electrons. The molecular formula is C10H11Cl. The number of halogens is 1. The summed E-state index contributed by atoms with van der Waals surface area (Å²) in [4.78, 5) is 0. The van der Waals surface area contributed by atoms with Crippen LogP contribution >= 0.6 is 11.6 Å². The van der Waals surface area contributed by atoms with E-state index in [-0.39, 0.29) is 0 Å². The molecule has 0 fully saturated rings. The Morgan fingerprint density at radius 3 is 2.91 bits per heavy atom. The Balaban J connectivity index is 2.71. The first-order chi connectivity index (χ1) is 5.33.